The highest BCUT2D eigenvalue weighted by Crippen LogP contribution is 2.40. The van der Waals surface area contributed by atoms with Crippen LogP contribution < -0.4 is 10.4 Å². The Hall–Kier alpha value is -3.84. The van der Waals surface area contributed by atoms with Crippen LogP contribution in [0.15, 0.2) is 59.5 Å². The molecule has 0 unspecified atom stereocenters. The molecule has 7 heteroatoms. The van der Waals surface area contributed by atoms with Crippen molar-refractivity contribution in [3.8, 4) is 5.75 Å². The monoisotopic (exact) mass is 441 g/mol. The van der Waals surface area contributed by atoms with Crippen molar-refractivity contribution < 1.29 is 14.6 Å². The van der Waals surface area contributed by atoms with Crippen LogP contribution in [-0.4, -0.2) is 46.5 Å². The Morgan fingerprint density at radius 3 is 2.64 bits per heavy atom. The van der Waals surface area contributed by atoms with Crippen LogP contribution in [0.4, 0.5) is 0 Å². The molecule has 3 heterocycles. The van der Waals surface area contributed by atoms with Gasteiger partial charge < -0.3 is 14.7 Å². The first-order chi connectivity index (χ1) is 16.0. The summed E-state index contributed by atoms with van der Waals surface area (Å²) in [5.41, 5.74) is 4.85. The summed E-state index contributed by atoms with van der Waals surface area (Å²) < 4.78 is 7.47. The number of morpholine rings is 1. The minimum Gasteiger partial charge on any atom is -0.502 e. The summed E-state index contributed by atoms with van der Waals surface area (Å²) in [5, 5.41) is 12.7. The number of hydrogen-bond donors (Lipinski definition) is 1. The second-order valence-corrected chi connectivity index (χ2v) is 8.65. The average molecular weight is 441 g/mol. The van der Waals surface area contributed by atoms with Gasteiger partial charge in [0.15, 0.2) is 11.4 Å². The van der Waals surface area contributed by atoms with E-state index >= 15 is 0 Å². The summed E-state index contributed by atoms with van der Waals surface area (Å²) in [6, 6.07) is 15.6. The Labute approximate surface area is 190 Å². The molecular formula is C26H23N3O4. The number of carbonyl (C=O) groups is 1. The molecule has 0 radical (unpaired) electrons. The van der Waals surface area contributed by atoms with Crippen LogP contribution in [0.3, 0.4) is 0 Å². The van der Waals surface area contributed by atoms with E-state index in [4.69, 9.17) is 4.74 Å². The Kier molecular flexibility index (Phi) is 4.41. The zero-order chi connectivity index (χ0) is 22.7. The number of rotatable bonds is 1. The predicted molar refractivity (Wildman–Crippen MR) is 125 cm³/mol. The third-order valence-electron chi connectivity index (χ3n) is 6.71. The van der Waals surface area contributed by atoms with E-state index < -0.39 is 17.3 Å². The largest absolute Gasteiger partial charge is 0.502 e. The second kappa shape index (κ2) is 7.35. The summed E-state index contributed by atoms with van der Waals surface area (Å²) in [4.78, 5) is 27.4. The molecule has 2 aliphatic heterocycles. The molecule has 1 saturated heterocycles. The van der Waals surface area contributed by atoms with Gasteiger partial charge in [-0.25, -0.2) is 0 Å². The number of benzene rings is 2. The molecule has 3 aliphatic rings. The lowest BCUT2D eigenvalue weighted by Crippen LogP contribution is -2.66. The van der Waals surface area contributed by atoms with Crippen LogP contribution in [0.25, 0.3) is 12.2 Å². The van der Waals surface area contributed by atoms with Crippen molar-refractivity contribution in [2.24, 2.45) is 0 Å². The second-order valence-electron chi connectivity index (χ2n) is 8.65. The van der Waals surface area contributed by atoms with Crippen molar-refractivity contribution in [3.63, 3.8) is 0 Å². The molecular weight excluding hydrogens is 418 g/mol. The van der Waals surface area contributed by atoms with Gasteiger partial charge >= 0.3 is 0 Å². The van der Waals surface area contributed by atoms with Gasteiger partial charge in [-0.3, -0.25) is 19.3 Å². The van der Waals surface area contributed by atoms with Crippen molar-refractivity contribution in [1.29, 1.82) is 0 Å². The van der Waals surface area contributed by atoms with Gasteiger partial charge in [-0.2, -0.15) is 0 Å². The number of fused-ring (bicyclic) bond motifs is 4. The number of ether oxygens (including phenoxy) is 1. The molecule has 7 nitrogen and oxygen atoms in total. The van der Waals surface area contributed by atoms with E-state index in [0.717, 1.165) is 27.8 Å². The molecule has 2 aromatic carbocycles. The van der Waals surface area contributed by atoms with Gasteiger partial charge in [0, 0.05) is 18.8 Å². The van der Waals surface area contributed by atoms with E-state index in [1.165, 1.54) is 6.07 Å². The fourth-order valence-electron chi connectivity index (χ4n) is 5.16. The van der Waals surface area contributed by atoms with Crippen LogP contribution >= 0.6 is 0 Å². The van der Waals surface area contributed by atoms with Gasteiger partial charge in [0.05, 0.1) is 19.3 Å². The Bertz CT molecular complexity index is 1380. The van der Waals surface area contributed by atoms with E-state index in [1.807, 2.05) is 12.1 Å². The number of hydrogen-bond acceptors (Lipinski definition) is 5. The predicted octanol–water partition coefficient (Wildman–Crippen LogP) is 2.89. The maximum absolute atomic E-state index is 13.4. The van der Waals surface area contributed by atoms with Crippen LogP contribution in [0.1, 0.15) is 44.3 Å². The van der Waals surface area contributed by atoms with E-state index in [-0.39, 0.29) is 17.6 Å². The zero-order valence-electron chi connectivity index (χ0n) is 18.1. The lowest BCUT2D eigenvalue weighted by atomic mass is 9.91. The molecule has 1 fully saturated rings. The number of aryl methyl sites for hydroxylation is 1. The molecule has 1 aromatic heterocycles. The smallest absolute Gasteiger partial charge is 0.278 e. The first-order valence-corrected chi connectivity index (χ1v) is 11.0. The van der Waals surface area contributed by atoms with E-state index in [2.05, 4.69) is 54.4 Å². The lowest BCUT2D eigenvalue weighted by molar-refractivity contribution is -0.0197. The van der Waals surface area contributed by atoms with Gasteiger partial charge in [0.25, 0.3) is 5.91 Å². The van der Waals surface area contributed by atoms with Gasteiger partial charge in [0.1, 0.15) is 6.17 Å². The van der Waals surface area contributed by atoms with Crippen LogP contribution in [0, 0.1) is 6.92 Å². The first-order valence-electron chi connectivity index (χ1n) is 11.0. The van der Waals surface area contributed by atoms with Crippen LogP contribution in [0.2, 0.25) is 0 Å². The molecule has 3 aromatic rings. The fourth-order valence-corrected chi connectivity index (χ4v) is 5.16. The number of amides is 1. The maximum Gasteiger partial charge on any atom is 0.278 e. The van der Waals surface area contributed by atoms with Crippen molar-refractivity contribution in [3.05, 3.63) is 98.5 Å². The van der Waals surface area contributed by atoms with Gasteiger partial charge in [-0.05, 0) is 29.2 Å². The van der Waals surface area contributed by atoms with Crippen molar-refractivity contribution >= 4 is 18.1 Å². The Balaban J connectivity index is 1.67. The van der Waals surface area contributed by atoms with Gasteiger partial charge in [-0.1, -0.05) is 60.2 Å². The zero-order valence-corrected chi connectivity index (χ0v) is 18.1. The van der Waals surface area contributed by atoms with E-state index in [0.29, 0.717) is 19.8 Å². The molecule has 0 saturated carbocycles. The molecule has 2 atom stereocenters. The van der Waals surface area contributed by atoms with E-state index in [1.54, 1.807) is 15.8 Å². The summed E-state index contributed by atoms with van der Waals surface area (Å²) >= 11 is 0. The van der Waals surface area contributed by atoms with Crippen LogP contribution in [-0.2, 0) is 4.74 Å². The fraction of sp³-hybridized carbons (Fsp3) is 0.231. The molecule has 166 valence electrons. The van der Waals surface area contributed by atoms with Crippen molar-refractivity contribution in [1.82, 2.24) is 9.58 Å². The minimum atomic E-state index is -0.569. The minimum absolute atomic E-state index is 0.00968. The number of carbonyl (C=O) groups excluding carboxylic acids is 1. The van der Waals surface area contributed by atoms with Crippen molar-refractivity contribution in [2.45, 2.75) is 19.1 Å². The Morgan fingerprint density at radius 2 is 1.79 bits per heavy atom. The molecule has 33 heavy (non-hydrogen) atoms. The SMILES string of the molecule is Cc1ccc2c(c1)[C@H](N1[C@@H]3COCCN3C(=O)c3c(O)c(=O)ccn31)c1ccccc1C=C2. The first kappa shape index (κ1) is 19.8. The number of aromatic nitrogens is 1. The third kappa shape index (κ3) is 2.93. The average Bonchev–Trinajstić information content (AvgIpc) is 2.98. The summed E-state index contributed by atoms with van der Waals surface area (Å²) in [7, 11) is 0. The number of pyridine rings is 1. The maximum atomic E-state index is 13.4. The molecule has 1 N–H and O–H groups in total. The lowest BCUT2D eigenvalue weighted by Gasteiger charge is -2.51. The van der Waals surface area contributed by atoms with Crippen molar-refractivity contribution in [2.75, 3.05) is 24.8 Å². The molecule has 0 bridgehead atoms. The highest BCUT2D eigenvalue weighted by atomic mass is 16.5. The normalized spacial score (nSPS) is 21.1. The summed E-state index contributed by atoms with van der Waals surface area (Å²) in [6.45, 7) is 3.18. The quantitative estimate of drug-likeness (QED) is 0.629. The molecule has 0 spiro atoms. The van der Waals surface area contributed by atoms with Crippen LogP contribution in [0.5, 0.6) is 5.75 Å². The van der Waals surface area contributed by atoms with E-state index in [9.17, 15) is 14.7 Å². The topological polar surface area (TPSA) is 75.0 Å². The van der Waals surface area contributed by atoms with Gasteiger partial charge in [-0.15, -0.1) is 0 Å². The van der Waals surface area contributed by atoms with Gasteiger partial charge in [0.2, 0.25) is 5.43 Å². The number of aromatic hydroxyl groups is 1. The number of nitrogens with zero attached hydrogens (tertiary/aromatic N) is 3. The standard InChI is InChI=1S/C26H23N3O4/c1-16-6-7-18-9-8-17-4-2-3-5-19(17)23(20(18)14-16)29-22-15-33-13-12-27(22)26(32)24-25(31)21(30)10-11-28(24)29/h2-11,14,22-23,31H,12-13,15H2,1H3/t22-,23-/m1/s1. The third-order valence-corrected chi connectivity index (χ3v) is 6.71. The molecule has 6 rings (SSSR count). The molecule has 1 amide bonds. The molecule has 1 aliphatic carbocycles. The summed E-state index contributed by atoms with van der Waals surface area (Å²) in [5.74, 6) is -0.888. The highest BCUT2D eigenvalue weighted by molar-refractivity contribution is 5.96. The highest BCUT2D eigenvalue weighted by Gasteiger charge is 2.45. The Morgan fingerprint density at radius 1 is 1.00 bits per heavy atom. The summed E-state index contributed by atoms with van der Waals surface area (Å²) in [6.07, 6.45) is 5.40.